The SMILES string of the molecule is NC(=NCCOc1ccc2c(c1)OCO2)N1CCOCC1. The molecule has 0 atom stereocenters. The van der Waals surface area contributed by atoms with Crippen molar-refractivity contribution in [1.82, 2.24) is 4.90 Å². The van der Waals surface area contributed by atoms with Gasteiger partial charge in [0.15, 0.2) is 17.5 Å². The lowest BCUT2D eigenvalue weighted by molar-refractivity contribution is 0.0674. The second-order valence-electron chi connectivity index (χ2n) is 4.70. The summed E-state index contributed by atoms with van der Waals surface area (Å²) in [4.78, 5) is 6.34. The number of nitrogens with zero attached hydrogens (tertiary/aromatic N) is 2. The lowest BCUT2D eigenvalue weighted by Crippen LogP contribution is -2.45. The number of guanidine groups is 1. The van der Waals surface area contributed by atoms with E-state index in [9.17, 15) is 0 Å². The predicted octanol–water partition coefficient (Wildman–Crippen LogP) is 0.441. The zero-order chi connectivity index (χ0) is 14.5. The summed E-state index contributed by atoms with van der Waals surface area (Å²) in [5.41, 5.74) is 5.93. The van der Waals surface area contributed by atoms with Crippen LogP contribution in [0.5, 0.6) is 17.2 Å². The number of nitrogens with two attached hydrogens (primary N) is 1. The molecule has 2 heterocycles. The molecule has 2 N–H and O–H groups in total. The highest BCUT2D eigenvalue weighted by Gasteiger charge is 2.14. The van der Waals surface area contributed by atoms with E-state index in [0.717, 1.165) is 24.6 Å². The largest absolute Gasteiger partial charge is 0.492 e. The van der Waals surface area contributed by atoms with Crippen molar-refractivity contribution >= 4 is 5.96 Å². The van der Waals surface area contributed by atoms with E-state index in [4.69, 9.17) is 24.7 Å². The van der Waals surface area contributed by atoms with Gasteiger partial charge in [0.05, 0.1) is 19.8 Å². The Balaban J connectivity index is 1.45. The molecule has 0 spiro atoms. The van der Waals surface area contributed by atoms with Crippen molar-refractivity contribution in [2.45, 2.75) is 0 Å². The molecule has 2 aliphatic rings. The number of hydrogen-bond donors (Lipinski definition) is 1. The summed E-state index contributed by atoms with van der Waals surface area (Å²) < 4.78 is 21.4. The van der Waals surface area contributed by atoms with Crippen LogP contribution in [0.4, 0.5) is 0 Å². The summed E-state index contributed by atoms with van der Waals surface area (Å²) >= 11 is 0. The molecule has 0 amide bonds. The molecule has 7 nitrogen and oxygen atoms in total. The Morgan fingerprint density at radius 1 is 1.24 bits per heavy atom. The minimum Gasteiger partial charge on any atom is -0.492 e. The van der Waals surface area contributed by atoms with Crippen molar-refractivity contribution in [3.05, 3.63) is 18.2 Å². The van der Waals surface area contributed by atoms with Crippen LogP contribution in [0.15, 0.2) is 23.2 Å². The average Bonchev–Trinajstić information content (AvgIpc) is 3.00. The number of hydrogen-bond acceptors (Lipinski definition) is 5. The highest BCUT2D eigenvalue weighted by atomic mass is 16.7. The number of fused-ring (bicyclic) bond motifs is 1. The monoisotopic (exact) mass is 293 g/mol. The molecule has 1 fully saturated rings. The normalized spacial score (nSPS) is 17.9. The van der Waals surface area contributed by atoms with E-state index in [1.54, 1.807) is 0 Å². The third-order valence-corrected chi connectivity index (χ3v) is 3.31. The third-order valence-electron chi connectivity index (χ3n) is 3.31. The van der Waals surface area contributed by atoms with Gasteiger partial charge in [0.25, 0.3) is 0 Å². The van der Waals surface area contributed by atoms with Crippen LogP contribution in [-0.2, 0) is 4.74 Å². The van der Waals surface area contributed by atoms with Crippen molar-refractivity contribution < 1.29 is 18.9 Å². The second kappa shape index (κ2) is 6.53. The molecule has 21 heavy (non-hydrogen) atoms. The first-order valence-corrected chi connectivity index (χ1v) is 6.98. The molecule has 1 saturated heterocycles. The maximum absolute atomic E-state index is 5.93. The number of aliphatic imine (C=N–C) groups is 1. The molecule has 3 rings (SSSR count). The van der Waals surface area contributed by atoms with Gasteiger partial charge >= 0.3 is 0 Å². The predicted molar refractivity (Wildman–Crippen MR) is 76.9 cm³/mol. The molecular weight excluding hydrogens is 274 g/mol. The van der Waals surface area contributed by atoms with Gasteiger partial charge in [-0.05, 0) is 12.1 Å². The molecule has 0 radical (unpaired) electrons. The Kier molecular flexibility index (Phi) is 4.30. The first-order valence-electron chi connectivity index (χ1n) is 6.98. The molecule has 7 heteroatoms. The molecule has 0 bridgehead atoms. The van der Waals surface area contributed by atoms with Gasteiger partial charge in [0.1, 0.15) is 12.4 Å². The molecule has 0 unspecified atom stereocenters. The molecule has 0 aliphatic carbocycles. The van der Waals surface area contributed by atoms with Crippen molar-refractivity contribution in [1.29, 1.82) is 0 Å². The Labute approximate surface area is 123 Å². The van der Waals surface area contributed by atoms with Gasteiger partial charge in [-0.25, -0.2) is 4.99 Å². The van der Waals surface area contributed by atoms with Crippen LogP contribution in [0.2, 0.25) is 0 Å². The summed E-state index contributed by atoms with van der Waals surface area (Å²) in [6, 6.07) is 5.50. The average molecular weight is 293 g/mol. The Bertz CT molecular complexity index is 515. The Morgan fingerprint density at radius 3 is 2.90 bits per heavy atom. The molecule has 2 aliphatic heterocycles. The van der Waals surface area contributed by atoms with Crippen LogP contribution in [0.1, 0.15) is 0 Å². The molecular formula is C14H19N3O4. The minimum atomic E-state index is 0.263. The molecule has 0 aromatic heterocycles. The maximum Gasteiger partial charge on any atom is 0.231 e. The van der Waals surface area contributed by atoms with Crippen LogP contribution >= 0.6 is 0 Å². The number of ether oxygens (including phenoxy) is 4. The Morgan fingerprint density at radius 2 is 2.05 bits per heavy atom. The van der Waals surface area contributed by atoms with Gasteiger partial charge in [-0.2, -0.15) is 0 Å². The molecule has 114 valence electrons. The quantitative estimate of drug-likeness (QED) is 0.493. The van der Waals surface area contributed by atoms with Gasteiger partial charge in [-0.1, -0.05) is 0 Å². The van der Waals surface area contributed by atoms with E-state index in [2.05, 4.69) is 4.99 Å². The number of benzene rings is 1. The van der Waals surface area contributed by atoms with Crippen LogP contribution in [0.25, 0.3) is 0 Å². The van der Waals surface area contributed by atoms with Gasteiger partial charge in [-0.15, -0.1) is 0 Å². The summed E-state index contributed by atoms with van der Waals surface area (Å²) in [5, 5.41) is 0. The number of rotatable bonds is 4. The standard InChI is InChI=1S/C14H19N3O4/c15-14(17-4-7-18-8-5-17)16-3-6-19-11-1-2-12-13(9-11)21-10-20-12/h1-2,9H,3-8,10H2,(H2,15,16). The zero-order valence-corrected chi connectivity index (χ0v) is 11.8. The lowest BCUT2D eigenvalue weighted by atomic mass is 10.3. The van der Waals surface area contributed by atoms with Gasteiger partial charge in [-0.3, -0.25) is 0 Å². The smallest absolute Gasteiger partial charge is 0.231 e. The molecule has 1 aromatic rings. The fraction of sp³-hybridized carbons (Fsp3) is 0.500. The first-order chi connectivity index (χ1) is 10.3. The van der Waals surface area contributed by atoms with Gasteiger partial charge < -0.3 is 29.6 Å². The summed E-state index contributed by atoms with van der Waals surface area (Å²) in [7, 11) is 0. The summed E-state index contributed by atoms with van der Waals surface area (Å²) in [6.07, 6.45) is 0. The van der Waals surface area contributed by atoms with E-state index in [1.165, 1.54) is 0 Å². The zero-order valence-electron chi connectivity index (χ0n) is 11.8. The molecule has 0 saturated carbocycles. The second-order valence-corrected chi connectivity index (χ2v) is 4.70. The van der Waals surface area contributed by atoms with Crippen molar-refractivity contribution in [3.8, 4) is 17.2 Å². The van der Waals surface area contributed by atoms with Crippen molar-refractivity contribution in [3.63, 3.8) is 0 Å². The van der Waals surface area contributed by atoms with E-state index < -0.39 is 0 Å². The Hall–Kier alpha value is -2.15. The lowest BCUT2D eigenvalue weighted by Gasteiger charge is -2.27. The fourth-order valence-electron chi connectivity index (χ4n) is 2.18. The number of morpholine rings is 1. The topological polar surface area (TPSA) is 78.5 Å². The first kappa shape index (κ1) is 13.8. The maximum atomic E-state index is 5.93. The van der Waals surface area contributed by atoms with E-state index in [1.807, 2.05) is 23.1 Å². The van der Waals surface area contributed by atoms with Crippen LogP contribution < -0.4 is 19.9 Å². The van der Waals surface area contributed by atoms with Crippen molar-refractivity contribution in [2.24, 2.45) is 10.7 Å². The van der Waals surface area contributed by atoms with Gasteiger partial charge in [0.2, 0.25) is 6.79 Å². The van der Waals surface area contributed by atoms with Crippen molar-refractivity contribution in [2.75, 3.05) is 46.2 Å². The molecule has 1 aromatic carbocycles. The summed E-state index contributed by atoms with van der Waals surface area (Å²) in [6.45, 7) is 4.21. The highest BCUT2D eigenvalue weighted by Crippen LogP contribution is 2.34. The minimum absolute atomic E-state index is 0.263. The third kappa shape index (κ3) is 3.49. The van der Waals surface area contributed by atoms with E-state index in [0.29, 0.717) is 38.1 Å². The highest BCUT2D eigenvalue weighted by molar-refractivity contribution is 5.78. The fourth-order valence-corrected chi connectivity index (χ4v) is 2.18. The van der Waals surface area contributed by atoms with Crippen LogP contribution in [-0.4, -0.2) is 57.1 Å². The van der Waals surface area contributed by atoms with E-state index in [-0.39, 0.29) is 6.79 Å². The van der Waals surface area contributed by atoms with Crippen LogP contribution in [0.3, 0.4) is 0 Å². The van der Waals surface area contributed by atoms with Gasteiger partial charge in [0, 0.05) is 19.2 Å². The van der Waals surface area contributed by atoms with Crippen LogP contribution in [0, 0.1) is 0 Å². The summed E-state index contributed by atoms with van der Waals surface area (Å²) in [5.74, 6) is 2.74. The van der Waals surface area contributed by atoms with E-state index >= 15 is 0 Å².